The molecule has 0 spiro atoms. The summed E-state index contributed by atoms with van der Waals surface area (Å²) in [5.41, 5.74) is 6.55. The molecule has 0 radical (unpaired) electrons. The van der Waals surface area contributed by atoms with E-state index in [4.69, 9.17) is 0 Å². The van der Waals surface area contributed by atoms with Gasteiger partial charge in [-0.2, -0.15) is 0 Å². The monoisotopic (exact) mass is 362 g/mol. The van der Waals surface area contributed by atoms with Crippen molar-refractivity contribution in [1.29, 1.82) is 0 Å². The van der Waals surface area contributed by atoms with Gasteiger partial charge in [-0.3, -0.25) is 24.8 Å². The number of aryl methyl sites for hydroxylation is 2. The molecule has 24 heavy (non-hydrogen) atoms. The van der Waals surface area contributed by atoms with E-state index < -0.39 is 0 Å². The first kappa shape index (κ1) is 16.4. The topological polar surface area (TPSA) is 101 Å². The maximum absolute atomic E-state index is 11.9. The Kier molecular flexibility index (Phi) is 4.76. The summed E-state index contributed by atoms with van der Waals surface area (Å²) in [4.78, 5) is 28.4. The van der Waals surface area contributed by atoms with Crippen LogP contribution in [0.15, 0.2) is 28.7 Å². The molecule has 0 atom stereocenters. The zero-order valence-corrected chi connectivity index (χ0v) is 14.6. The van der Waals surface area contributed by atoms with Crippen LogP contribution in [0.5, 0.6) is 0 Å². The maximum Gasteiger partial charge on any atom is 0.279 e. The fraction of sp³-hybridized carbons (Fsp3) is 0.214. The molecule has 0 saturated carbocycles. The normalized spacial score (nSPS) is 10.8. The number of hydrogen-bond donors (Lipinski definition) is 2. The van der Waals surface area contributed by atoms with E-state index in [2.05, 4.69) is 26.0 Å². The number of thioether (sulfide) groups is 1. The molecule has 0 unspecified atom stereocenters. The fourth-order valence-corrected chi connectivity index (χ4v) is 3.46. The van der Waals surface area contributed by atoms with Crippen LogP contribution in [0.4, 0.5) is 0 Å². The summed E-state index contributed by atoms with van der Waals surface area (Å²) in [6.45, 7) is 3.81. The summed E-state index contributed by atoms with van der Waals surface area (Å²) in [6.07, 6.45) is 0. The number of aromatic nitrogens is 4. The molecular weight excluding hydrogens is 348 g/mol. The Morgan fingerprint density at radius 2 is 2.12 bits per heavy atom. The van der Waals surface area contributed by atoms with E-state index in [0.717, 1.165) is 11.4 Å². The van der Waals surface area contributed by atoms with Crippen molar-refractivity contribution < 1.29 is 9.59 Å². The number of nitrogens with zero attached hydrogens (tertiary/aromatic N) is 4. The largest absolute Gasteiger partial charge is 0.279 e. The van der Waals surface area contributed by atoms with Crippen molar-refractivity contribution in [1.82, 2.24) is 30.4 Å². The number of rotatable bonds is 4. The Hall–Kier alpha value is -2.46. The Morgan fingerprint density at radius 1 is 1.29 bits per heavy atom. The molecule has 0 aromatic carbocycles. The van der Waals surface area contributed by atoms with Crippen molar-refractivity contribution in [3.8, 4) is 0 Å². The first-order valence-corrected chi connectivity index (χ1v) is 8.86. The van der Waals surface area contributed by atoms with Crippen LogP contribution in [-0.2, 0) is 4.79 Å². The Labute approximate surface area is 145 Å². The molecular formula is C14H14N6O2S2. The van der Waals surface area contributed by atoms with Gasteiger partial charge in [-0.15, -0.1) is 21.5 Å². The van der Waals surface area contributed by atoms with E-state index in [0.29, 0.717) is 15.8 Å². The molecule has 2 amide bonds. The van der Waals surface area contributed by atoms with Crippen LogP contribution in [0.1, 0.15) is 21.1 Å². The zero-order chi connectivity index (χ0) is 17.1. The predicted octanol–water partition coefficient (Wildman–Crippen LogP) is 1.36. The summed E-state index contributed by atoms with van der Waals surface area (Å²) in [5, 5.41) is 10.4. The third-order valence-corrected chi connectivity index (χ3v) is 4.85. The van der Waals surface area contributed by atoms with E-state index in [1.54, 1.807) is 21.9 Å². The van der Waals surface area contributed by atoms with Crippen LogP contribution in [0, 0.1) is 13.8 Å². The molecule has 0 aliphatic heterocycles. The number of amides is 2. The summed E-state index contributed by atoms with van der Waals surface area (Å²) in [6, 6.07) is 5.37. The van der Waals surface area contributed by atoms with Gasteiger partial charge >= 0.3 is 0 Å². The van der Waals surface area contributed by atoms with Gasteiger partial charge < -0.3 is 0 Å². The zero-order valence-electron chi connectivity index (χ0n) is 12.9. The summed E-state index contributed by atoms with van der Waals surface area (Å²) < 4.78 is 1.79. The second kappa shape index (κ2) is 6.97. The number of carbonyl (C=O) groups excluding carboxylic acids is 2. The Bertz CT molecular complexity index is 890. The third-order valence-electron chi connectivity index (χ3n) is 3.06. The average molecular weight is 362 g/mol. The second-order valence-electron chi connectivity index (χ2n) is 4.93. The molecule has 0 aliphatic rings. The van der Waals surface area contributed by atoms with Gasteiger partial charge in [-0.05, 0) is 31.4 Å². The number of thiophene rings is 1. The van der Waals surface area contributed by atoms with Crippen molar-refractivity contribution in [2.75, 3.05) is 5.75 Å². The minimum Gasteiger partial charge on any atom is -0.272 e. The molecule has 0 fully saturated rings. The van der Waals surface area contributed by atoms with Crippen LogP contribution in [0.3, 0.4) is 0 Å². The fourth-order valence-electron chi connectivity index (χ4n) is 2.06. The lowest BCUT2D eigenvalue weighted by Crippen LogP contribution is -2.42. The van der Waals surface area contributed by atoms with Crippen LogP contribution in [0.25, 0.3) is 5.78 Å². The Morgan fingerprint density at radius 3 is 2.88 bits per heavy atom. The quantitative estimate of drug-likeness (QED) is 0.537. The number of fused-ring (bicyclic) bond motifs is 1. The van der Waals surface area contributed by atoms with Gasteiger partial charge in [0.2, 0.25) is 5.91 Å². The van der Waals surface area contributed by atoms with Gasteiger partial charge in [-0.1, -0.05) is 17.8 Å². The summed E-state index contributed by atoms with van der Waals surface area (Å²) in [5.74, 6) is -0.0775. The second-order valence-corrected chi connectivity index (χ2v) is 6.82. The predicted molar refractivity (Wildman–Crippen MR) is 90.9 cm³/mol. The molecule has 0 bridgehead atoms. The van der Waals surface area contributed by atoms with Crippen LogP contribution < -0.4 is 10.9 Å². The molecule has 0 saturated heterocycles. The minimum absolute atomic E-state index is 0.0961. The molecule has 3 rings (SSSR count). The molecule has 3 heterocycles. The van der Waals surface area contributed by atoms with E-state index in [1.165, 1.54) is 23.1 Å². The van der Waals surface area contributed by atoms with Crippen molar-refractivity contribution in [2.24, 2.45) is 0 Å². The van der Waals surface area contributed by atoms with Gasteiger partial charge in [0, 0.05) is 11.4 Å². The van der Waals surface area contributed by atoms with E-state index in [-0.39, 0.29) is 17.6 Å². The molecule has 3 aromatic rings. The van der Waals surface area contributed by atoms with Crippen LogP contribution in [-0.4, -0.2) is 37.1 Å². The van der Waals surface area contributed by atoms with Gasteiger partial charge in [0.15, 0.2) is 5.16 Å². The highest BCUT2D eigenvalue weighted by atomic mass is 32.2. The molecule has 2 N–H and O–H groups in total. The van der Waals surface area contributed by atoms with Crippen LogP contribution in [0.2, 0.25) is 0 Å². The van der Waals surface area contributed by atoms with Gasteiger partial charge in [-0.25, -0.2) is 4.98 Å². The van der Waals surface area contributed by atoms with E-state index in [1.807, 2.05) is 19.9 Å². The van der Waals surface area contributed by atoms with Crippen molar-refractivity contribution in [3.63, 3.8) is 0 Å². The third kappa shape index (κ3) is 3.54. The number of hydrazine groups is 1. The summed E-state index contributed by atoms with van der Waals surface area (Å²) >= 11 is 2.52. The molecule has 0 aliphatic carbocycles. The first-order chi connectivity index (χ1) is 11.5. The minimum atomic E-state index is -0.341. The van der Waals surface area contributed by atoms with Crippen molar-refractivity contribution >= 4 is 40.7 Å². The summed E-state index contributed by atoms with van der Waals surface area (Å²) in [7, 11) is 0. The molecule has 8 nitrogen and oxygen atoms in total. The highest BCUT2D eigenvalue weighted by Gasteiger charge is 2.13. The smallest absolute Gasteiger partial charge is 0.272 e. The first-order valence-electron chi connectivity index (χ1n) is 6.99. The molecule has 10 heteroatoms. The highest BCUT2D eigenvalue weighted by Crippen LogP contribution is 2.18. The lowest BCUT2D eigenvalue weighted by Gasteiger charge is -2.06. The van der Waals surface area contributed by atoms with Gasteiger partial charge in [0.05, 0.1) is 10.6 Å². The molecule has 3 aromatic heterocycles. The number of nitrogens with one attached hydrogen (secondary N) is 2. The lowest BCUT2D eigenvalue weighted by atomic mass is 10.3. The standard InChI is InChI=1S/C14H14N6O2S2/c1-8-6-9(2)20-13(15-8)18-19-14(20)24-7-11(21)16-17-12(22)10-4-3-5-23-10/h3-6H,7H2,1-2H3,(H,16,21)(H,17,22). The number of carbonyl (C=O) groups is 2. The lowest BCUT2D eigenvalue weighted by molar-refractivity contribution is -0.119. The van der Waals surface area contributed by atoms with Gasteiger partial charge in [0.25, 0.3) is 11.7 Å². The SMILES string of the molecule is Cc1cc(C)n2c(SCC(=O)NNC(=O)c3cccs3)nnc2n1. The Balaban J connectivity index is 1.58. The van der Waals surface area contributed by atoms with E-state index >= 15 is 0 Å². The highest BCUT2D eigenvalue weighted by molar-refractivity contribution is 7.99. The van der Waals surface area contributed by atoms with Crippen molar-refractivity contribution in [2.45, 2.75) is 19.0 Å². The van der Waals surface area contributed by atoms with E-state index in [9.17, 15) is 9.59 Å². The molecule has 124 valence electrons. The van der Waals surface area contributed by atoms with Gasteiger partial charge in [0.1, 0.15) is 0 Å². The maximum atomic E-state index is 11.9. The average Bonchev–Trinajstić information content (AvgIpc) is 3.20. The van der Waals surface area contributed by atoms with Crippen LogP contribution >= 0.6 is 23.1 Å². The number of hydrogen-bond acceptors (Lipinski definition) is 7. The van der Waals surface area contributed by atoms with Crippen molar-refractivity contribution in [3.05, 3.63) is 39.8 Å².